The van der Waals surface area contributed by atoms with Crippen LogP contribution in [-0.4, -0.2) is 0 Å². The standard InChI is InChI=1S/C41H72/c1-26-23-38-32(28-15-19-30(20-16-28)40(3,4)5)11-9-13-34(38)36(26)25-37-27(2)24-39-33(12-10-14-35(37)39)29-17-21-31(22-18-29)41(6,7)8/h26-39H,9-25H2,1-8H3/t26?,27?,28?,29?,30?,31?,32-,33-,34?,35?,36?,37?,38?,39?/m0/s1. The van der Waals surface area contributed by atoms with Crippen molar-refractivity contribution in [2.24, 2.45) is 93.7 Å². The van der Waals surface area contributed by atoms with E-state index in [0.29, 0.717) is 10.8 Å². The second kappa shape index (κ2) is 12.1. The molecule has 0 amide bonds. The first-order valence-corrected chi connectivity index (χ1v) is 19.4. The fourth-order valence-corrected chi connectivity index (χ4v) is 13.6. The predicted octanol–water partition coefficient (Wildman–Crippen LogP) is 12.5. The summed E-state index contributed by atoms with van der Waals surface area (Å²) in [5, 5.41) is 0. The van der Waals surface area contributed by atoms with Crippen LogP contribution < -0.4 is 0 Å². The molecule has 6 aliphatic rings. The van der Waals surface area contributed by atoms with Crippen molar-refractivity contribution in [3.8, 4) is 0 Å². The second-order valence-electron chi connectivity index (χ2n) is 19.8. The van der Waals surface area contributed by atoms with E-state index in [2.05, 4.69) is 55.4 Å². The first-order chi connectivity index (χ1) is 19.4. The monoisotopic (exact) mass is 565 g/mol. The van der Waals surface area contributed by atoms with Gasteiger partial charge in [0.2, 0.25) is 0 Å². The molecular formula is C41H72. The zero-order valence-corrected chi connectivity index (χ0v) is 29.1. The van der Waals surface area contributed by atoms with Crippen molar-refractivity contribution < 1.29 is 0 Å². The summed E-state index contributed by atoms with van der Waals surface area (Å²) >= 11 is 0. The lowest BCUT2D eigenvalue weighted by atomic mass is 9.60. The molecule has 8 unspecified atom stereocenters. The number of fused-ring (bicyclic) bond motifs is 2. The van der Waals surface area contributed by atoms with Gasteiger partial charge in [0.1, 0.15) is 0 Å². The van der Waals surface area contributed by atoms with Crippen LogP contribution in [0, 0.1) is 93.7 Å². The molecule has 0 aliphatic heterocycles. The zero-order valence-electron chi connectivity index (χ0n) is 29.1. The first kappa shape index (κ1) is 31.0. The van der Waals surface area contributed by atoms with Crippen LogP contribution in [0.5, 0.6) is 0 Å². The van der Waals surface area contributed by atoms with Gasteiger partial charge >= 0.3 is 0 Å². The Hall–Kier alpha value is 0. The SMILES string of the molecule is CC1CC2C(CCC[C@H]2C2CCC(C(C)(C)C)CC2)C1CC1C(C)CC2C1CCC[C@H]2C1CCC(C(C)(C)C)CC1. The summed E-state index contributed by atoms with van der Waals surface area (Å²) < 4.78 is 0. The predicted molar refractivity (Wildman–Crippen MR) is 178 cm³/mol. The highest BCUT2D eigenvalue weighted by atomic mass is 14.6. The average molecular weight is 565 g/mol. The molecule has 0 radical (unpaired) electrons. The van der Waals surface area contributed by atoms with E-state index in [4.69, 9.17) is 0 Å². The van der Waals surface area contributed by atoms with Gasteiger partial charge in [0.25, 0.3) is 0 Å². The van der Waals surface area contributed by atoms with Crippen LogP contribution in [-0.2, 0) is 0 Å². The van der Waals surface area contributed by atoms with Crippen molar-refractivity contribution in [2.45, 2.75) is 165 Å². The van der Waals surface area contributed by atoms with Crippen LogP contribution in [0.25, 0.3) is 0 Å². The van der Waals surface area contributed by atoms with Crippen LogP contribution in [0.1, 0.15) is 165 Å². The number of hydrogen-bond donors (Lipinski definition) is 0. The summed E-state index contributed by atoms with van der Waals surface area (Å²) in [6, 6.07) is 0. The van der Waals surface area contributed by atoms with Gasteiger partial charge in [0.05, 0.1) is 0 Å². The molecule has 0 aromatic rings. The summed E-state index contributed by atoms with van der Waals surface area (Å²) in [5.74, 6) is 14.7. The summed E-state index contributed by atoms with van der Waals surface area (Å²) in [4.78, 5) is 0. The van der Waals surface area contributed by atoms with E-state index < -0.39 is 0 Å². The fourth-order valence-electron chi connectivity index (χ4n) is 13.6. The maximum atomic E-state index is 2.71. The molecule has 10 atom stereocenters. The molecule has 0 nitrogen and oxygen atoms in total. The van der Waals surface area contributed by atoms with Crippen molar-refractivity contribution in [2.75, 3.05) is 0 Å². The summed E-state index contributed by atoms with van der Waals surface area (Å²) in [5.41, 5.74) is 1.04. The summed E-state index contributed by atoms with van der Waals surface area (Å²) in [6.45, 7) is 20.4. The van der Waals surface area contributed by atoms with E-state index >= 15 is 0 Å². The first-order valence-electron chi connectivity index (χ1n) is 19.4. The molecule has 0 spiro atoms. The van der Waals surface area contributed by atoms with Gasteiger partial charge in [-0.1, -0.05) is 68.2 Å². The average Bonchev–Trinajstić information content (AvgIpc) is 3.43. The molecule has 41 heavy (non-hydrogen) atoms. The Morgan fingerprint density at radius 2 is 0.756 bits per heavy atom. The third kappa shape index (κ3) is 6.27. The molecule has 0 heteroatoms. The van der Waals surface area contributed by atoms with E-state index in [1.165, 1.54) is 25.7 Å². The largest absolute Gasteiger partial charge is 0.0622 e. The maximum Gasteiger partial charge on any atom is -0.0349 e. The van der Waals surface area contributed by atoms with Crippen molar-refractivity contribution in [1.82, 2.24) is 0 Å². The van der Waals surface area contributed by atoms with E-state index in [0.717, 1.165) is 82.9 Å². The number of hydrogen-bond acceptors (Lipinski definition) is 0. The number of rotatable bonds is 4. The fraction of sp³-hybridized carbons (Fsp3) is 1.00. The Morgan fingerprint density at radius 3 is 1.10 bits per heavy atom. The second-order valence-corrected chi connectivity index (χ2v) is 19.8. The van der Waals surface area contributed by atoms with Gasteiger partial charge in [0.15, 0.2) is 0 Å². The third-order valence-corrected chi connectivity index (χ3v) is 15.9. The molecular weight excluding hydrogens is 492 g/mol. The Bertz CT molecular complexity index is 768. The van der Waals surface area contributed by atoms with Gasteiger partial charge in [-0.15, -0.1) is 0 Å². The topological polar surface area (TPSA) is 0 Å². The smallest absolute Gasteiger partial charge is 0.0349 e. The van der Waals surface area contributed by atoms with E-state index in [9.17, 15) is 0 Å². The molecule has 6 saturated carbocycles. The molecule has 0 heterocycles. The molecule has 6 rings (SSSR count). The molecule has 236 valence electrons. The molecule has 6 aliphatic carbocycles. The van der Waals surface area contributed by atoms with Crippen molar-refractivity contribution in [3.05, 3.63) is 0 Å². The van der Waals surface area contributed by atoms with Crippen molar-refractivity contribution in [3.63, 3.8) is 0 Å². The van der Waals surface area contributed by atoms with Crippen LogP contribution in [0.3, 0.4) is 0 Å². The quantitative estimate of drug-likeness (QED) is 0.318. The molecule has 0 aromatic heterocycles. The van der Waals surface area contributed by atoms with E-state index in [1.54, 1.807) is 83.5 Å². The Morgan fingerprint density at radius 1 is 0.415 bits per heavy atom. The van der Waals surface area contributed by atoms with E-state index in [1.807, 2.05) is 0 Å². The summed E-state index contributed by atoms with van der Waals surface area (Å²) in [6.07, 6.45) is 26.5. The Kier molecular flexibility index (Phi) is 9.13. The molecule has 0 bridgehead atoms. The highest BCUT2D eigenvalue weighted by Crippen LogP contribution is 2.61. The lowest BCUT2D eigenvalue weighted by Crippen LogP contribution is -2.37. The van der Waals surface area contributed by atoms with Crippen molar-refractivity contribution >= 4 is 0 Å². The van der Waals surface area contributed by atoms with Gasteiger partial charge in [-0.05, 0) is 190 Å². The maximum absolute atomic E-state index is 2.71. The lowest BCUT2D eigenvalue weighted by Gasteiger charge is -2.46. The van der Waals surface area contributed by atoms with E-state index in [-0.39, 0.29) is 0 Å². The summed E-state index contributed by atoms with van der Waals surface area (Å²) in [7, 11) is 0. The van der Waals surface area contributed by atoms with Crippen LogP contribution in [0.2, 0.25) is 0 Å². The van der Waals surface area contributed by atoms with Gasteiger partial charge in [-0.2, -0.15) is 0 Å². The van der Waals surface area contributed by atoms with Gasteiger partial charge in [0, 0.05) is 0 Å². The zero-order chi connectivity index (χ0) is 29.1. The van der Waals surface area contributed by atoms with Gasteiger partial charge in [-0.3, -0.25) is 0 Å². The minimum atomic E-state index is 0.521. The van der Waals surface area contributed by atoms with Crippen LogP contribution >= 0.6 is 0 Å². The molecule has 0 aromatic carbocycles. The van der Waals surface area contributed by atoms with Crippen LogP contribution in [0.4, 0.5) is 0 Å². The van der Waals surface area contributed by atoms with Gasteiger partial charge < -0.3 is 0 Å². The van der Waals surface area contributed by atoms with Gasteiger partial charge in [-0.25, -0.2) is 0 Å². The third-order valence-electron chi connectivity index (χ3n) is 15.9. The Balaban J connectivity index is 1.08. The van der Waals surface area contributed by atoms with Crippen LogP contribution in [0.15, 0.2) is 0 Å². The highest BCUT2D eigenvalue weighted by molar-refractivity contribution is 5.02. The molecule has 0 N–H and O–H groups in total. The molecule has 0 saturated heterocycles. The lowest BCUT2D eigenvalue weighted by molar-refractivity contribution is 0.0410. The minimum absolute atomic E-state index is 0.521. The molecule has 6 fully saturated rings. The Labute approximate surface area is 257 Å². The minimum Gasteiger partial charge on any atom is -0.0622 e. The highest BCUT2D eigenvalue weighted by Gasteiger charge is 2.53. The van der Waals surface area contributed by atoms with Crippen molar-refractivity contribution in [1.29, 1.82) is 0 Å². The normalized spacial score (nSPS) is 49.5.